The fraction of sp³-hybridized carbons (Fsp3) is 0. The van der Waals surface area contributed by atoms with Gasteiger partial charge in [-0.15, -0.1) is 10.2 Å². The van der Waals surface area contributed by atoms with Crippen molar-refractivity contribution in [1.82, 2.24) is 15.2 Å². The van der Waals surface area contributed by atoms with Crippen molar-refractivity contribution in [2.75, 3.05) is 0 Å². The summed E-state index contributed by atoms with van der Waals surface area (Å²) in [4.78, 5) is 13.4. The Morgan fingerprint density at radius 3 is 2.48 bits per heavy atom. The van der Waals surface area contributed by atoms with Gasteiger partial charge in [0.25, 0.3) is 0 Å². The van der Waals surface area contributed by atoms with E-state index in [1.54, 1.807) is 0 Å². The van der Waals surface area contributed by atoms with Gasteiger partial charge in [0.05, 0.1) is 4.92 Å². The highest BCUT2D eigenvalue weighted by Gasteiger charge is 2.22. The van der Waals surface area contributed by atoms with Gasteiger partial charge < -0.3 is 14.6 Å². The SMILES string of the molecule is O=[N+]([O-])c1cc(-c2nnc(-c3ccnc(F)c3)o2)cc(O)c1O. The van der Waals surface area contributed by atoms with Crippen molar-refractivity contribution in [3.05, 3.63) is 46.5 Å². The van der Waals surface area contributed by atoms with Gasteiger partial charge in [-0.25, -0.2) is 4.98 Å². The predicted octanol–water partition coefficient (Wildman–Crippen LogP) is 2.26. The van der Waals surface area contributed by atoms with Gasteiger partial charge in [0, 0.05) is 29.5 Å². The van der Waals surface area contributed by atoms with E-state index in [1.807, 2.05) is 0 Å². The summed E-state index contributed by atoms with van der Waals surface area (Å²) < 4.78 is 18.4. The van der Waals surface area contributed by atoms with Gasteiger partial charge in [-0.2, -0.15) is 4.39 Å². The fourth-order valence-corrected chi connectivity index (χ4v) is 1.86. The molecule has 0 aliphatic heterocycles. The third kappa shape index (κ3) is 2.64. The Balaban J connectivity index is 2.06. The molecule has 0 saturated carbocycles. The minimum Gasteiger partial charge on any atom is -0.504 e. The van der Waals surface area contributed by atoms with Crippen molar-refractivity contribution in [3.8, 4) is 34.4 Å². The van der Waals surface area contributed by atoms with E-state index in [1.165, 1.54) is 12.3 Å². The van der Waals surface area contributed by atoms with Crippen LogP contribution in [0.25, 0.3) is 22.9 Å². The molecule has 1 aromatic carbocycles. The number of nitro benzene ring substituents is 1. The lowest BCUT2D eigenvalue weighted by Gasteiger charge is -2.01. The topological polar surface area (TPSA) is 135 Å². The maximum atomic E-state index is 13.1. The van der Waals surface area contributed by atoms with E-state index in [0.717, 1.165) is 18.2 Å². The summed E-state index contributed by atoms with van der Waals surface area (Å²) in [6.45, 7) is 0. The van der Waals surface area contributed by atoms with Crippen LogP contribution in [0.3, 0.4) is 0 Å². The highest BCUT2D eigenvalue weighted by Crippen LogP contribution is 2.39. The van der Waals surface area contributed by atoms with Crippen molar-refractivity contribution >= 4 is 5.69 Å². The maximum Gasteiger partial charge on any atom is 0.315 e. The first kappa shape index (κ1) is 14.4. The smallest absolute Gasteiger partial charge is 0.315 e. The van der Waals surface area contributed by atoms with Crippen molar-refractivity contribution in [1.29, 1.82) is 0 Å². The molecule has 0 radical (unpaired) electrons. The van der Waals surface area contributed by atoms with Gasteiger partial charge in [0.2, 0.25) is 23.5 Å². The molecule has 0 atom stereocenters. The van der Waals surface area contributed by atoms with Crippen LogP contribution in [0.5, 0.6) is 11.5 Å². The molecule has 0 spiro atoms. The number of nitrogens with zero attached hydrogens (tertiary/aromatic N) is 4. The van der Waals surface area contributed by atoms with E-state index in [0.29, 0.717) is 0 Å². The lowest BCUT2D eigenvalue weighted by Crippen LogP contribution is -1.90. The molecular formula is C13H7FN4O5. The molecule has 9 nitrogen and oxygen atoms in total. The summed E-state index contributed by atoms with van der Waals surface area (Å²) in [6, 6.07) is 4.53. The number of phenols is 2. The number of nitro groups is 1. The van der Waals surface area contributed by atoms with Crippen LogP contribution < -0.4 is 0 Å². The second-order valence-electron chi connectivity index (χ2n) is 4.40. The van der Waals surface area contributed by atoms with Gasteiger partial charge in [0.1, 0.15) is 0 Å². The number of hydrogen-bond donors (Lipinski definition) is 2. The first-order valence-electron chi connectivity index (χ1n) is 6.12. The molecule has 2 heterocycles. The Bertz CT molecular complexity index is 911. The van der Waals surface area contributed by atoms with Gasteiger partial charge in [-0.1, -0.05) is 0 Å². The van der Waals surface area contributed by atoms with Crippen LogP contribution in [0.4, 0.5) is 10.1 Å². The van der Waals surface area contributed by atoms with Crippen molar-refractivity contribution in [3.63, 3.8) is 0 Å². The molecule has 10 heteroatoms. The zero-order chi connectivity index (χ0) is 16.6. The number of phenolic OH excluding ortho intramolecular Hbond substituents is 2. The molecular weight excluding hydrogens is 311 g/mol. The lowest BCUT2D eigenvalue weighted by molar-refractivity contribution is -0.385. The molecule has 2 aromatic heterocycles. The zero-order valence-electron chi connectivity index (χ0n) is 11.2. The second-order valence-corrected chi connectivity index (χ2v) is 4.40. The van der Waals surface area contributed by atoms with Crippen LogP contribution in [0, 0.1) is 16.1 Å². The molecule has 0 unspecified atom stereocenters. The number of aromatic nitrogens is 3. The highest BCUT2D eigenvalue weighted by molar-refractivity contribution is 5.68. The molecule has 116 valence electrons. The van der Waals surface area contributed by atoms with E-state index in [-0.39, 0.29) is 22.9 Å². The Labute approximate surface area is 126 Å². The Kier molecular flexibility index (Phi) is 3.33. The molecule has 2 N–H and O–H groups in total. The quantitative estimate of drug-likeness (QED) is 0.325. The summed E-state index contributed by atoms with van der Waals surface area (Å²) >= 11 is 0. The summed E-state index contributed by atoms with van der Waals surface area (Å²) in [5.74, 6) is -2.48. The van der Waals surface area contributed by atoms with Crippen LogP contribution in [-0.4, -0.2) is 30.3 Å². The second kappa shape index (κ2) is 5.33. The molecule has 0 aliphatic rings. The molecule has 0 bridgehead atoms. The number of halogens is 1. The normalized spacial score (nSPS) is 10.7. The van der Waals surface area contributed by atoms with Crippen LogP contribution in [0.15, 0.2) is 34.9 Å². The number of rotatable bonds is 3. The Hall–Kier alpha value is -3.56. The average Bonchev–Trinajstić information content (AvgIpc) is 2.99. The van der Waals surface area contributed by atoms with Gasteiger partial charge in [0.15, 0.2) is 5.75 Å². The highest BCUT2D eigenvalue weighted by atomic mass is 19.1. The third-order valence-electron chi connectivity index (χ3n) is 2.91. The number of benzene rings is 1. The molecule has 0 aliphatic carbocycles. The summed E-state index contributed by atoms with van der Waals surface area (Å²) in [5.41, 5.74) is -0.413. The van der Waals surface area contributed by atoms with Gasteiger partial charge in [-0.05, 0) is 12.1 Å². The first-order chi connectivity index (χ1) is 11.0. The molecule has 23 heavy (non-hydrogen) atoms. The van der Waals surface area contributed by atoms with E-state index in [4.69, 9.17) is 4.42 Å². The van der Waals surface area contributed by atoms with E-state index in [2.05, 4.69) is 15.2 Å². The van der Waals surface area contributed by atoms with Crippen LogP contribution in [0.2, 0.25) is 0 Å². The minimum atomic E-state index is -0.867. The minimum absolute atomic E-state index is 0.0280. The predicted molar refractivity (Wildman–Crippen MR) is 72.9 cm³/mol. The van der Waals surface area contributed by atoms with Gasteiger partial charge in [-0.3, -0.25) is 10.1 Å². The lowest BCUT2D eigenvalue weighted by atomic mass is 10.1. The summed E-state index contributed by atoms with van der Waals surface area (Å²) in [7, 11) is 0. The fourth-order valence-electron chi connectivity index (χ4n) is 1.86. The van der Waals surface area contributed by atoms with Crippen molar-refractivity contribution in [2.24, 2.45) is 0 Å². The number of pyridine rings is 1. The molecule has 3 aromatic rings. The van der Waals surface area contributed by atoms with E-state index in [9.17, 15) is 24.7 Å². The molecule has 0 amide bonds. The molecule has 0 saturated heterocycles. The third-order valence-corrected chi connectivity index (χ3v) is 2.91. The average molecular weight is 318 g/mol. The summed E-state index contributed by atoms with van der Waals surface area (Å²) in [5, 5.41) is 37.2. The zero-order valence-corrected chi connectivity index (χ0v) is 11.2. The van der Waals surface area contributed by atoms with Crippen LogP contribution in [0.1, 0.15) is 0 Å². The van der Waals surface area contributed by atoms with Crippen LogP contribution in [-0.2, 0) is 0 Å². The van der Waals surface area contributed by atoms with Gasteiger partial charge >= 0.3 is 5.69 Å². The largest absolute Gasteiger partial charge is 0.504 e. The maximum absolute atomic E-state index is 13.1. The standard InChI is InChI=1S/C13H7FN4O5/c14-10-5-6(1-2-15-10)12-16-17-13(23-12)7-3-8(18(21)22)11(20)9(19)4-7/h1-5,19-20H. The van der Waals surface area contributed by atoms with Crippen LogP contribution >= 0.6 is 0 Å². The Morgan fingerprint density at radius 1 is 1.13 bits per heavy atom. The Morgan fingerprint density at radius 2 is 1.83 bits per heavy atom. The number of aromatic hydroxyl groups is 2. The van der Waals surface area contributed by atoms with Crippen molar-refractivity contribution in [2.45, 2.75) is 0 Å². The molecule has 3 rings (SSSR count). The number of hydrogen-bond acceptors (Lipinski definition) is 8. The molecule has 0 fully saturated rings. The first-order valence-corrected chi connectivity index (χ1v) is 6.12. The van der Waals surface area contributed by atoms with Crippen molar-refractivity contribution < 1.29 is 23.9 Å². The summed E-state index contributed by atoms with van der Waals surface area (Å²) in [6.07, 6.45) is 1.21. The monoisotopic (exact) mass is 318 g/mol. The van der Waals surface area contributed by atoms with E-state index >= 15 is 0 Å². The van der Waals surface area contributed by atoms with E-state index < -0.39 is 28.1 Å².